The van der Waals surface area contributed by atoms with Crippen LogP contribution in [0.15, 0.2) is 35.7 Å². The molecule has 1 unspecified atom stereocenters. The van der Waals surface area contributed by atoms with E-state index in [0.717, 1.165) is 10.4 Å². The normalized spacial score (nSPS) is 13.5. The summed E-state index contributed by atoms with van der Waals surface area (Å²) in [6.07, 6.45) is 0. The van der Waals surface area contributed by atoms with E-state index in [-0.39, 0.29) is 18.4 Å². The van der Waals surface area contributed by atoms with Crippen LogP contribution < -0.4 is 10.6 Å². The maximum Gasteiger partial charge on any atom is 0.315 e. The lowest BCUT2D eigenvalue weighted by Crippen LogP contribution is -2.43. The number of aliphatic hydroxyl groups is 1. The van der Waals surface area contributed by atoms with Crippen LogP contribution in [-0.4, -0.2) is 17.7 Å². The standard InChI is InChI=1S/C16H19FN2O2S/c1-11-7-8-22-14(11)9-18-15(20)19-10-16(2,21)12-3-5-13(17)6-4-12/h3-8,21H,9-10H2,1-2H3,(H2,18,19,20). The molecule has 0 aliphatic heterocycles. The Morgan fingerprint density at radius 1 is 1.27 bits per heavy atom. The van der Waals surface area contributed by atoms with Gasteiger partial charge in [-0.25, -0.2) is 9.18 Å². The number of hydrogen-bond acceptors (Lipinski definition) is 3. The predicted molar refractivity (Wildman–Crippen MR) is 85.3 cm³/mol. The number of rotatable bonds is 5. The van der Waals surface area contributed by atoms with Gasteiger partial charge in [0.2, 0.25) is 0 Å². The Hall–Kier alpha value is -1.92. The van der Waals surface area contributed by atoms with Gasteiger partial charge < -0.3 is 15.7 Å². The fourth-order valence-corrected chi connectivity index (χ4v) is 2.82. The second kappa shape index (κ2) is 6.89. The summed E-state index contributed by atoms with van der Waals surface area (Å²) in [6.45, 7) is 4.05. The molecule has 0 bridgehead atoms. The average Bonchev–Trinajstić information content (AvgIpc) is 2.89. The van der Waals surface area contributed by atoms with Crippen LogP contribution in [-0.2, 0) is 12.1 Å². The van der Waals surface area contributed by atoms with Crippen molar-refractivity contribution in [3.05, 3.63) is 57.5 Å². The molecule has 1 heterocycles. The quantitative estimate of drug-likeness (QED) is 0.792. The molecule has 3 N–H and O–H groups in total. The highest BCUT2D eigenvalue weighted by molar-refractivity contribution is 7.10. The Balaban J connectivity index is 1.84. The molecular weight excluding hydrogens is 303 g/mol. The number of halogens is 1. The van der Waals surface area contributed by atoms with E-state index in [2.05, 4.69) is 10.6 Å². The summed E-state index contributed by atoms with van der Waals surface area (Å²) in [5, 5.41) is 17.7. The van der Waals surface area contributed by atoms with E-state index in [0.29, 0.717) is 12.1 Å². The number of aryl methyl sites for hydroxylation is 1. The van der Waals surface area contributed by atoms with Gasteiger partial charge in [-0.1, -0.05) is 12.1 Å². The molecule has 2 rings (SSSR count). The Labute approximate surface area is 133 Å². The number of carbonyl (C=O) groups is 1. The van der Waals surface area contributed by atoms with Gasteiger partial charge in [0.1, 0.15) is 11.4 Å². The molecule has 1 atom stereocenters. The molecule has 22 heavy (non-hydrogen) atoms. The predicted octanol–water partition coefficient (Wildman–Crippen LogP) is 2.90. The van der Waals surface area contributed by atoms with E-state index in [1.54, 1.807) is 18.3 Å². The van der Waals surface area contributed by atoms with Crippen molar-refractivity contribution >= 4 is 17.4 Å². The second-order valence-electron chi connectivity index (χ2n) is 5.34. The fraction of sp³-hybridized carbons (Fsp3) is 0.312. The number of nitrogens with one attached hydrogen (secondary N) is 2. The first kappa shape index (κ1) is 16.5. The van der Waals surface area contributed by atoms with E-state index >= 15 is 0 Å². The molecule has 4 nitrogen and oxygen atoms in total. The lowest BCUT2D eigenvalue weighted by molar-refractivity contribution is 0.0593. The lowest BCUT2D eigenvalue weighted by atomic mass is 9.96. The van der Waals surface area contributed by atoms with Crippen molar-refractivity contribution in [2.24, 2.45) is 0 Å². The van der Waals surface area contributed by atoms with E-state index in [1.165, 1.54) is 24.3 Å². The largest absolute Gasteiger partial charge is 0.384 e. The Bertz CT molecular complexity index is 638. The van der Waals surface area contributed by atoms with Gasteiger partial charge in [-0.3, -0.25) is 0 Å². The first-order valence-corrected chi connectivity index (χ1v) is 7.79. The molecule has 1 aromatic carbocycles. The SMILES string of the molecule is Cc1ccsc1CNC(=O)NCC(C)(O)c1ccc(F)cc1. The van der Waals surface area contributed by atoms with Crippen molar-refractivity contribution in [1.29, 1.82) is 0 Å². The van der Waals surface area contributed by atoms with Crippen LogP contribution in [0.2, 0.25) is 0 Å². The van der Waals surface area contributed by atoms with Gasteiger partial charge in [0.15, 0.2) is 0 Å². The van der Waals surface area contributed by atoms with Crippen LogP contribution in [0, 0.1) is 12.7 Å². The van der Waals surface area contributed by atoms with Crippen molar-refractivity contribution in [3.63, 3.8) is 0 Å². The Morgan fingerprint density at radius 2 is 1.95 bits per heavy atom. The molecule has 0 aliphatic carbocycles. The van der Waals surface area contributed by atoms with E-state index in [4.69, 9.17) is 0 Å². The van der Waals surface area contributed by atoms with Crippen LogP contribution in [0.5, 0.6) is 0 Å². The van der Waals surface area contributed by atoms with Gasteiger partial charge >= 0.3 is 6.03 Å². The maximum atomic E-state index is 12.9. The summed E-state index contributed by atoms with van der Waals surface area (Å²) >= 11 is 1.59. The van der Waals surface area contributed by atoms with Gasteiger partial charge in [0.05, 0.1) is 13.1 Å². The Kier molecular flexibility index (Phi) is 5.15. The number of urea groups is 1. The van der Waals surface area contributed by atoms with Crippen LogP contribution in [0.1, 0.15) is 22.9 Å². The summed E-state index contributed by atoms with van der Waals surface area (Å²) in [7, 11) is 0. The molecule has 118 valence electrons. The summed E-state index contributed by atoms with van der Waals surface area (Å²) in [5.41, 5.74) is 0.427. The molecule has 1 aromatic heterocycles. The first-order valence-electron chi connectivity index (χ1n) is 6.91. The van der Waals surface area contributed by atoms with Gasteiger partial charge in [0.25, 0.3) is 0 Å². The highest BCUT2D eigenvalue weighted by Crippen LogP contribution is 2.20. The molecule has 0 fully saturated rings. The molecule has 2 aromatic rings. The van der Waals surface area contributed by atoms with Crippen LogP contribution in [0.3, 0.4) is 0 Å². The minimum absolute atomic E-state index is 0.0356. The van der Waals surface area contributed by atoms with Crippen molar-refractivity contribution < 1.29 is 14.3 Å². The third-order valence-corrected chi connectivity index (χ3v) is 4.46. The van der Waals surface area contributed by atoms with E-state index in [1.807, 2.05) is 18.4 Å². The lowest BCUT2D eigenvalue weighted by Gasteiger charge is -2.24. The number of benzene rings is 1. The van der Waals surface area contributed by atoms with Crippen molar-refractivity contribution in [2.45, 2.75) is 26.0 Å². The Morgan fingerprint density at radius 3 is 2.55 bits per heavy atom. The van der Waals surface area contributed by atoms with Gasteiger partial charge in [0, 0.05) is 4.88 Å². The zero-order valence-electron chi connectivity index (χ0n) is 12.5. The highest BCUT2D eigenvalue weighted by Gasteiger charge is 2.23. The zero-order chi connectivity index (χ0) is 16.2. The second-order valence-corrected chi connectivity index (χ2v) is 6.34. The van der Waals surface area contributed by atoms with Crippen molar-refractivity contribution in [2.75, 3.05) is 6.54 Å². The number of carbonyl (C=O) groups excluding carboxylic acids is 1. The minimum Gasteiger partial charge on any atom is -0.384 e. The average molecular weight is 322 g/mol. The smallest absolute Gasteiger partial charge is 0.315 e. The molecule has 0 saturated carbocycles. The third-order valence-electron chi connectivity index (χ3n) is 3.44. The summed E-state index contributed by atoms with van der Waals surface area (Å²) in [6, 6.07) is 7.22. The summed E-state index contributed by atoms with van der Waals surface area (Å²) in [4.78, 5) is 12.9. The summed E-state index contributed by atoms with van der Waals surface area (Å²) in [5.74, 6) is -0.364. The zero-order valence-corrected chi connectivity index (χ0v) is 13.3. The van der Waals surface area contributed by atoms with Crippen LogP contribution in [0.25, 0.3) is 0 Å². The number of hydrogen-bond donors (Lipinski definition) is 3. The van der Waals surface area contributed by atoms with Crippen molar-refractivity contribution in [1.82, 2.24) is 10.6 Å². The molecule has 0 saturated heterocycles. The van der Waals surface area contributed by atoms with Gasteiger partial charge in [-0.15, -0.1) is 11.3 Å². The molecular formula is C16H19FN2O2S. The number of amides is 2. The van der Waals surface area contributed by atoms with Crippen LogP contribution >= 0.6 is 11.3 Å². The maximum absolute atomic E-state index is 12.9. The highest BCUT2D eigenvalue weighted by atomic mass is 32.1. The van der Waals surface area contributed by atoms with Gasteiger partial charge in [-0.2, -0.15) is 0 Å². The third kappa shape index (κ3) is 4.29. The van der Waals surface area contributed by atoms with E-state index in [9.17, 15) is 14.3 Å². The molecule has 0 spiro atoms. The number of thiophene rings is 1. The molecule has 0 radical (unpaired) electrons. The van der Waals surface area contributed by atoms with Crippen molar-refractivity contribution in [3.8, 4) is 0 Å². The van der Waals surface area contributed by atoms with E-state index < -0.39 is 5.60 Å². The summed E-state index contributed by atoms with van der Waals surface area (Å²) < 4.78 is 12.9. The molecule has 0 aliphatic rings. The topological polar surface area (TPSA) is 61.4 Å². The monoisotopic (exact) mass is 322 g/mol. The fourth-order valence-electron chi connectivity index (χ4n) is 1.97. The molecule has 6 heteroatoms. The first-order chi connectivity index (χ1) is 10.4. The van der Waals surface area contributed by atoms with Crippen LogP contribution in [0.4, 0.5) is 9.18 Å². The minimum atomic E-state index is -1.26. The molecule has 2 amide bonds. The van der Waals surface area contributed by atoms with Gasteiger partial charge in [-0.05, 0) is 48.6 Å².